The SMILES string of the molecule is CC.CCCC(CCNCc1cc(F)cc(-c2ccc(CO)c(F)c2)c1NCN)C(N)NOCC(C)C. The van der Waals surface area contributed by atoms with Crippen LogP contribution in [0.2, 0.25) is 0 Å². The maximum Gasteiger partial charge on any atom is 0.129 e. The van der Waals surface area contributed by atoms with Gasteiger partial charge in [-0.25, -0.2) is 8.78 Å². The van der Waals surface area contributed by atoms with Crippen LogP contribution in [0, 0.1) is 23.5 Å². The van der Waals surface area contributed by atoms with Gasteiger partial charge in [-0.3, -0.25) is 0 Å². The molecule has 2 aromatic rings. The lowest BCUT2D eigenvalue weighted by molar-refractivity contribution is -0.0130. The van der Waals surface area contributed by atoms with Crippen molar-refractivity contribution in [2.75, 3.05) is 25.1 Å². The van der Waals surface area contributed by atoms with Crippen LogP contribution in [0.1, 0.15) is 65.0 Å². The molecule has 0 heterocycles. The molecule has 0 saturated carbocycles. The Balaban J connectivity index is 0.00000334. The Morgan fingerprint density at radius 3 is 2.38 bits per heavy atom. The van der Waals surface area contributed by atoms with Crippen molar-refractivity contribution in [3.05, 3.63) is 53.1 Å². The minimum absolute atomic E-state index is 0.137. The largest absolute Gasteiger partial charge is 0.392 e. The molecular formula is C28H47F2N5O2. The lowest BCUT2D eigenvalue weighted by Crippen LogP contribution is -2.45. The number of aliphatic hydroxyl groups excluding tert-OH is 1. The number of hydroxylamine groups is 1. The van der Waals surface area contributed by atoms with E-state index in [1.54, 1.807) is 6.07 Å². The molecule has 0 aliphatic carbocycles. The van der Waals surface area contributed by atoms with E-state index in [1.807, 2.05) is 13.8 Å². The summed E-state index contributed by atoms with van der Waals surface area (Å²) in [6, 6.07) is 7.25. The highest BCUT2D eigenvalue weighted by atomic mass is 19.1. The Morgan fingerprint density at radius 2 is 1.78 bits per heavy atom. The molecule has 0 fully saturated rings. The number of benzene rings is 2. The zero-order valence-corrected chi connectivity index (χ0v) is 23.0. The molecule has 0 aromatic heterocycles. The lowest BCUT2D eigenvalue weighted by atomic mass is 9.96. The Kier molecular flexibility index (Phi) is 16.1. The van der Waals surface area contributed by atoms with Gasteiger partial charge in [0.2, 0.25) is 0 Å². The molecule has 0 bridgehead atoms. The van der Waals surface area contributed by atoms with Crippen LogP contribution in [0.5, 0.6) is 0 Å². The monoisotopic (exact) mass is 523 g/mol. The molecule has 37 heavy (non-hydrogen) atoms. The molecule has 2 atom stereocenters. The van der Waals surface area contributed by atoms with Crippen molar-refractivity contribution in [2.24, 2.45) is 23.3 Å². The van der Waals surface area contributed by atoms with E-state index in [4.69, 9.17) is 16.3 Å². The van der Waals surface area contributed by atoms with Crippen molar-refractivity contribution < 1.29 is 18.7 Å². The van der Waals surface area contributed by atoms with Gasteiger partial charge in [0.05, 0.1) is 26.0 Å². The number of aliphatic hydroxyl groups is 1. The topological polar surface area (TPSA) is 118 Å². The molecular weight excluding hydrogens is 476 g/mol. The van der Waals surface area contributed by atoms with Gasteiger partial charge in [-0.15, -0.1) is 0 Å². The van der Waals surface area contributed by atoms with Gasteiger partial charge in [-0.1, -0.05) is 53.2 Å². The van der Waals surface area contributed by atoms with Crippen LogP contribution in [0.15, 0.2) is 30.3 Å². The van der Waals surface area contributed by atoms with Crippen LogP contribution < -0.4 is 27.6 Å². The summed E-state index contributed by atoms with van der Waals surface area (Å²) in [5, 5.41) is 15.7. The summed E-state index contributed by atoms with van der Waals surface area (Å²) >= 11 is 0. The molecule has 210 valence electrons. The van der Waals surface area contributed by atoms with Gasteiger partial charge in [-0.05, 0) is 60.5 Å². The second kappa shape index (κ2) is 18.2. The minimum Gasteiger partial charge on any atom is -0.392 e. The number of nitrogens with two attached hydrogens (primary N) is 2. The number of rotatable bonds is 16. The first-order valence-corrected chi connectivity index (χ1v) is 13.3. The molecule has 2 rings (SSSR count). The summed E-state index contributed by atoms with van der Waals surface area (Å²) < 4.78 is 28.8. The molecule has 2 aromatic carbocycles. The summed E-state index contributed by atoms with van der Waals surface area (Å²) in [5.41, 5.74) is 17.5. The van der Waals surface area contributed by atoms with Crippen LogP contribution in [-0.2, 0) is 18.0 Å². The van der Waals surface area contributed by atoms with E-state index in [0.717, 1.165) is 19.3 Å². The third kappa shape index (κ3) is 11.0. The van der Waals surface area contributed by atoms with Crippen molar-refractivity contribution in [3.8, 4) is 11.1 Å². The van der Waals surface area contributed by atoms with Gasteiger partial charge < -0.3 is 32.0 Å². The molecule has 0 radical (unpaired) electrons. The van der Waals surface area contributed by atoms with Crippen LogP contribution in [0.3, 0.4) is 0 Å². The first kappa shape index (κ1) is 32.9. The van der Waals surface area contributed by atoms with Crippen LogP contribution >= 0.6 is 0 Å². The Hall–Kier alpha value is -2.14. The Morgan fingerprint density at radius 1 is 1.05 bits per heavy atom. The van der Waals surface area contributed by atoms with Gasteiger partial charge in [-0.2, -0.15) is 5.48 Å². The van der Waals surface area contributed by atoms with Crippen molar-refractivity contribution in [3.63, 3.8) is 0 Å². The van der Waals surface area contributed by atoms with E-state index in [0.29, 0.717) is 48.0 Å². The smallest absolute Gasteiger partial charge is 0.129 e. The molecule has 9 heteroatoms. The quantitative estimate of drug-likeness (QED) is 0.106. The normalized spacial score (nSPS) is 12.7. The summed E-state index contributed by atoms with van der Waals surface area (Å²) in [5.74, 6) is -0.338. The average molecular weight is 524 g/mol. The van der Waals surface area contributed by atoms with Gasteiger partial charge in [0.25, 0.3) is 0 Å². The molecule has 2 unspecified atom stereocenters. The van der Waals surface area contributed by atoms with Gasteiger partial charge in [0.15, 0.2) is 0 Å². The zero-order chi connectivity index (χ0) is 27.8. The van der Waals surface area contributed by atoms with Crippen molar-refractivity contribution in [2.45, 2.75) is 73.2 Å². The van der Waals surface area contributed by atoms with Crippen molar-refractivity contribution >= 4 is 5.69 Å². The highest BCUT2D eigenvalue weighted by Crippen LogP contribution is 2.33. The lowest BCUT2D eigenvalue weighted by Gasteiger charge is -2.25. The third-order valence-corrected chi connectivity index (χ3v) is 5.81. The van der Waals surface area contributed by atoms with Crippen LogP contribution in [-0.4, -0.2) is 31.1 Å². The molecule has 0 spiro atoms. The minimum atomic E-state index is -0.545. The molecule has 0 aliphatic rings. The average Bonchev–Trinajstić information content (AvgIpc) is 2.88. The van der Waals surface area contributed by atoms with Crippen LogP contribution in [0.4, 0.5) is 14.5 Å². The molecule has 0 saturated heterocycles. The number of hydrogen-bond acceptors (Lipinski definition) is 7. The summed E-state index contributed by atoms with van der Waals surface area (Å²) in [7, 11) is 0. The fourth-order valence-corrected chi connectivity index (χ4v) is 3.98. The maximum atomic E-state index is 14.5. The summed E-state index contributed by atoms with van der Waals surface area (Å²) in [6.07, 6.45) is 2.51. The van der Waals surface area contributed by atoms with Gasteiger partial charge in [0, 0.05) is 23.4 Å². The highest BCUT2D eigenvalue weighted by Gasteiger charge is 2.18. The molecule has 8 N–H and O–H groups in total. The second-order valence-electron chi connectivity index (χ2n) is 9.20. The number of anilines is 1. The predicted molar refractivity (Wildman–Crippen MR) is 148 cm³/mol. The molecule has 0 amide bonds. The van der Waals surface area contributed by atoms with Crippen LogP contribution in [0.25, 0.3) is 11.1 Å². The highest BCUT2D eigenvalue weighted by molar-refractivity contribution is 5.80. The first-order valence-electron chi connectivity index (χ1n) is 13.3. The standard InChI is InChI=1S/C26H41F2N5O2.C2H6/c1-4-5-18(26(30)33-35-15-17(2)3)8-9-31-13-21-10-22(27)12-23(25(21)32-16-29)19-6-7-20(14-34)24(28)11-19;1-2/h6-7,10-12,17-18,26,31-34H,4-5,8-9,13-16,29-30H2,1-3H3;1-2H3. The summed E-state index contributed by atoms with van der Waals surface area (Å²) in [6.45, 7) is 11.7. The fourth-order valence-electron chi connectivity index (χ4n) is 3.98. The number of halogens is 2. The fraction of sp³-hybridized carbons (Fsp3) is 0.571. The Labute approximate surface area is 221 Å². The molecule has 0 aliphatic heterocycles. The number of nitrogens with one attached hydrogen (secondary N) is 3. The predicted octanol–water partition coefficient (Wildman–Crippen LogP) is 4.84. The van der Waals surface area contributed by atoms with E-state index in [2.05, 4.69) is 36.9 Å². The number of hydrogen-bond donors (Lipinski definition) is 6. The third-order valence-electron chi connectivity index (χ3n) is 5.81. The van der Waals surface area contributed by atoms with E-state index in [1.165, 1.54) is 24.3 Å². The zero-order valence-electron chi connectivity index (χ0n) is 23.0. The van der Waals surface area contributed by atoms with Crippen molar-refractivity contribution in [1.82, 2.24) is 10.8 Å². The second-order valence-corrected chi connectivity index (χ2v) is 9.20. The maximum absolute atomic E-state index is 14.5. The van der Waals surface area contributed by atoms with Gasteiger partial charge >= 0.3 is 0 Å². The van der Waals surface area contributed by atoms with E-state index in [9.17, 15) is 13.9 Å². The first-order chi connectivity index (χ1) is 17.8. The Bertz CT molecular complexity index is 914. The van der Waals surface area contributed by atoms with Gasteiger partial charge in [0.1, 0.15) is 11.6 Å². The van der Waals surface area contributed by atoms with Crippen molar-refractivity contribution in [1.29, 1.82) is 0 Å². The summed E-state index contributed by atoms with van der Waals surface area (Å²) in [4.78, 5) is 5.50. The van der Waals surface area contributed by atoms with E-state index in [-0.39, 0.29) is 24.3 Å². The van der Waals surface area contributed by atoms with E-state index < -0.39 is 18.2 Å². The molecule has 7 nitrogen and oxygen atoms in total. The van der Waals surface area contributed by atoms with E-state index >= 15 is 0 Å².